The number of nitrogens with zero attached hydrogens (tertiary/aromatic N) is 4. The fourth-order valence-electron chi connectivity index (χ4n) is 3.26. The molecule has 28 heavy (non-hydrogen) atoms. The molecule has 2 amide bonds. The van der Waals surface area contributed by atoms with Crippen LogP contribution in [-0.4, -0.2) is 33.1 Å². The van der Waals surface area contributed by atoms with Crippen molar-refractivity contribution in [2.24, 2.45) is 5.92 Å². The van der Waals surface area contributed by atoms with Crippen LogP contribution < -0.4 is 10.2 Å². The lowest BCUT2D eigenvalue weighted by Crippen LogP contribution is -2.33. The molecule has 2 aromatic carbocycles. The summed E-state index contributed by atoms with van der Waals surface area (Å²) < 4.78 is 2.56. The van der Waals surface area contributed by atoms with Gasteiger partial charge in [0.1, 0.15) is 18.6 Å². The minimum absolute atomic E-state index is 0.174. The van der Waals surface area contributed by atoms with E-state index < -0.39 is 5.92 Å². The molecular weight excluding hydrogens is 422 g/mol. The van der Waals surface area contributed by atoms with Gasteiger partial charge in [-0.2, -0.15) is 5.10 Å². The predicted octanol–water partition coefficient (Wildman–Crippen LogP) is 3.08. The van der Waals surface area contributed by atoms with E-state index in [4.69, 9.17) is 0 Å². The second-order valence-corrected chi connectivity index (χ2v) is 7.42. The SMILES string of the molecule is O=C(Nc1ccc(Cn2cncn2)cc1)C1CCN(c2ccccc2Br)C1=O. The molecule has 0 saturated carbocycles. The van der Waals surface area contributed by atoms with Crippen LogP contribution in [0.4, 0.5) is 11.4 Å². The monoisotopic (exact) mass is 439 g/mol. The summed E-state index contributed by atoms with van der Waals surface area (Å²) >= 11 is 3.47. The number of para-hydroxylation sites is 1. The summed E-state index contributed by atoms with van der Waals surface area (Å²) in [6.45, 7) is 1.13. The Morgan fingerprint density at radius 1 is 1.18 bits per heavy atom. The number of anilines is 2. The zero-order valence-corrected chi connectivity index (χ0v) is 16.5. The van der Waals surface area contributed by atoms with Crippen molar-refractivity contribution < 1.29 is 9.59 Å². The standard InChI is InChI=1S/C20H18BrN5O2/c21-17-3-1-2-4-18(17)26-10-9-16(20(26)28)19(27)24-15-7-5-14(6-8-15)11-25-13-22-12-23-25/h1-8,12-13,16H,9-11H2,(H,24,27). The Kier molecular flexibility index (Phi) is 5.21. The highest BCUT2D eigenvalue weighted by Crippen LogP contribution is 2.31. The van der Waals surface area contributed by atoms with Gasteiger partial charge in [0.15, 0.2) is 0 Å². The van der Waals surface area contributed by atoms with E-state index in [1.54, 1.807) is 15.9 Å². The molecule has 3 aromatic rings. The largest absolute Gasteiger partial charge is 0.325 e. The maximum Gasteiger partial charge on any atom is 0.239 e. The average molecular weight is 440 g/mol. The Hall–Kier alpha value is -3.00. The van der Waals surface area contributed by atoms with Gasteiger partial charge < -0.3 is 10.2 Å². The average Bonchev–Trinajstić information content (AvgIpc) is 3.33. The Labute approximate surface area is 170 Å². The Morgan fingerprint density at radius 3 is 2.68 bits per heavy atom. The van der Waals surface area contributed by atoms with Crippen molar-refractivity contribution >= 4 is 39.1 Å². The Bertz CT molecular complexity index is 988. The number of hydrogen-bond donors (Lipinski definition) is 1. The van der Waals surface area contributed by atoms with Crippen LogP contribution in [-0.2, 0) is 16.1 Å². The van der Waals surface area contributed by atoms with Crippen LogP contribution >= 0.6 is 15.9 Å². The highest BCUT2D eigenvalue weighted by atomic mass is 79.9. The van der Waals surface area contributed by atoms with E-state index in [2.05, 4.69) is 31.3 Å². The zero-order valence-electron chi connectivity index (χ0n) is 15.0. The van der Waals surface area contributed by atoms with Gasteiger partial charge in [-0.3, -0.25) is 9.59 Å². The molecule has 1 fully saturated rings. The first-order valence-electron chi connectivity index (χ1n) is 8.90. The van der Waals surface area contributed by atoms with Gasteiger partial charge in [-0.15, -0.1) is 0 Å². The van der Waals surface area contributed by atoms with Crippen molar-refractivity contribution in [3.8, 4) is 0 Å². The molecule has 1 N–H and O–H groups in total. The van der Waals surface area contributed by atoms with Gasteiger partial charge in [0.2, 0.25) is 11.8 Å². The highest BCUT2D eigenvalue weighted by molar-refractivity contribution is 9.10. The van der Waals surface area contributed by atoms with Gasteiger partial charge in [-0.05, 0) is 52.2 Å². The van der Waals surface area contributed by atoms with Crippen molar-refractivity contribution in [3.63, 3.8) is 0 Å². The molecule has 4 rings (SSSR count). The van der Waals surface area contributed by atoms with Crippen LogP contribution in [0.1, 0.15) is 12.0 Å². The quantitative estimate of drug-likeness (QED) is 0.619. The number of carbonyl (C=O) groups is 2. The number of hydrogen-bond acceptors (Lipinski definition) is 4. The summed E-state index contributed by atoms with van der Waals surface area (Å²) in [5, 5.41) is 6.93. The lowest BCUT2D eigenvalue weighted by Gasteiger charge is -2.18. The number of benzene rings is 2. The van der Waals surface area contributed by atoms with Crippen molar-refractivity contribution in [1.29, 1.82) is 0 Å². The van der Waals surface area contributed by atoms with E-state index in [0.717, 1.165) is 15.7 Å². The summed E-state index contributed by atoms with van der Waals surface area (Å²) in [5.74, 6) is -1.13. The molecule has 0 radical (unpaired) electrons. The van der Waals surface area contributed by atoms with Gasteiger partial charge in [0, 0.05) is 16.7 Å². The summed E-state index contributed by atoms with van der Waals surface area (Å²) in [5.41, 5.74) is 2.50. The van der Waals surface area contributed by atoms with Crippen molar-refractivity contribution in [2.75, 3.05) is 16.8 Å². The molecule has 1 unspecified atom stereocenters. The fourth-order valence-corrected chi connectivity index (χ4v) is 3.76. The first-order valence-corrected chi connectivity index (χ1v) is 9.69. The molecule has 1 aromatic heterocycles. The second-order valence-electron chi connectivity index (χ2n) is 6.56. The van der Waals surface area contributed by atoms with Crippen LogP contribution in [0, 0.1) is 5.92 Å². The molecule has 0 aliphatic carbocycles. The summed E-state index contributed by atoms with van der Waals surface area (Å²) in [6, 6.07) is 15.0. The topological polar surface area (TPSA) is 80.1 Å². The van der Waals surface area contributed by atoms with Crippen LogP contribution in [0.3, 0.4) is 0 Å². The smallest absolute Gasteiger partial charge is 0.239 e. The normalized spacial score (nSPS) is 16.4. The number of carbonyl (C=O) groups excluding carboxylic acids is 2. The summed E-state index contributed by atoms with van der Waals surface area (Å²) in [4.78, 5) is 31.0. The number of rotatable bonds is 5. The number of amides is 2. The molecule has 1 aliphatic rings. The number of halogens is 1. The third-order valence-electron chi connectivity index (χ3n) is 4.70. The van der Waals surface area contributed by atoms with Gasteiger partial charge in [-0.1, -0.05) is 24.3 Å². The Morgan fingerprint density at radius 2 is 1.96 bits per heavy atom. The Balaban J connectivity index is 1.40. The molecule has 1 aliphatic heterocycles. The minimum atomic E-state index is -0.679. The first-order chi connectivity index (χ1) is 13.6. The van der Waals surface area contributed by atoms with E-state index in [-0.39, 0.29) is 11.8 Å². The molecule has 7 nitrogen and oxygen atoms in total. The molecule has 142 valence electrons. The molecule has 1 saturated heterocycles. The van der Waals surface area contributed by atoms with E-state index >= 15 is 0 Å². The molecule has 1 atom stereocenters. The van der Waals surface area contributed by atoms with Crippen LogP contribution in [0.5, 0.6) is 0 Å². The number of nitrogens with one attached hydrogen (secondary N) is 1. The van der Waals surface area contributed by atoms with E-state index in [0.29, 0.717) is 25.2 Å². The van der Waals surface area contributed by atoms with Crippen LogP contribution in [0.15, 0.2) is 65.7 Å². The first kappa shape index (κ1) is 18.4. The third-order valence-corrected chi connectivity index (χ3v) is 5.37. The van der Waals surface area contributed by atoms with Crippen LogP contribution in [0.25, 0.3) is 0 Å². The third kappa shape index (κ3) is 3.82. The summed E-state index contributed by atoms with van der Waals surface area (Å²) in [7, 11) is 0. The molecular formula is C20H18BrN5O2. The maximum atomic E-state index is 12.8. The van der Waals surface area contributed by atoms with Crippen molar-refractivity contribution in [2.45, 2.75) is 13.0 Å². The summed E-state index contributed by atoms with van der Waals surface area (Å²) in [6.07, 6.45) is 3.64. The molecule has 0 spiro atoms. The number of aromatic nitrogens is 3. The van der Waals surface area contributed by atoms with E-state index in [1.807, 2.05) is 48.5 Å². The van der Waals surface area contributed by atoms with Gasteiger partial charge in [0.25, 0.3) is 0 Å². The molecule has 8 heteroatoms. The van der Waals surface area contributed by atoms with Crippen molar-refractivity contribution in [1.82, 2.24) is 14.8 Å². The van der Waals surface area contributed by atoms with Gasteiger partial charge in [-0.25, -0.2) is 9.67 Å². The second kappa shape index (κ2) is 7.93. The van der Waals surface area contributed by atoms with E-state index in [9.17, 15) is 9.59 Å². The minimum Gasteiger partial charge on any atom is -0.325 e. The lowest BCUT2D eigenvalue weighted by atomic mass is 10.1. The van der Waals surface area contributed by atoms with Gasteiger partial charge in [0.05, 0.1) is 12.2 Å². The van der Waals surface area contributed by atoms with Crippen LogP contribution in [0.2, 0.25) is 0 Å². The van der Waals surface area contributed by atoms with Crippen molar-refractivity contribution in [3.05, 3.63) is 71.2 Å². The van der Waals surface area contributed by atoms with E-state index in [1.165, 1.54) is 6.33 Å². The zero-order chi connectivity index (χ0) is 19.5. The fraction of sp³-hybridized carbons (Fsp3) is 0.200. The predicted molar refractivity (Wildman–Crippen MR) is 109 cm³/mol. The molecule has 0 bridgehead atoms. The maximum absolute atomic E-state index is 12.8. The highest BCUT2D eigenvalue weighted by Gasteiger charge is 2.38. The molecule has 2 heterocycles. The van der Waals surface area contributed by atoms with Gasteiger partial charge >= 0.3 is 0 Å². The lowest BCUT2D eigenvalue weighted by molar-refractivity contribution is -0.129.